The highest BCUT2D eigenvalue weighted by Gasteiger charge is 2.23. The molecule has 0 saturated carbocycles. The molecule has 14 nitrogen and oxygen atoms in total. The van der Waals surface area contributed by atoms with Gasteiger partial charge in [0.15, 0.2) is 17.0 Å². The molecule has 0 fully saturated rings. The fourth-order valence-electron chi connectivity index (χ4n) is 3.47. The van der Waals surface area contributed by atoms with Gasteiger partial charge in [0.2, 0.25) is 5.95 Å². The van der Waals surface area contributed by atoms with Gasteiger partial charge in [0.25, 0.3) is 5.91 Å². The number of carbonyl (C=O) groups excluding carboxylic acids is 3. The number of nitrogen functional groups attached to an aromatic ring is 2. The summed E-state index contributed by atoms with van der Waals surface area (Å²) in [6.07, 6.45) is 1.72. The van der Waals surface area contributed by atoms with Crippen LogP contribution in [-0.2, 0) is 20.8 Å². The maximum atomic E-state index is 12.9. The van der Waals surface area contributed by atoms with Crippen molar-refractivity contribution in [3.63, 3.8) is 0 Å². The van der Waals surface area contributed by atoms with Crippen molar-refractivity contribution in [3.05, 3.63) is 28.9 Å². The number of hydrogen-bond acceptors (Lipinski definition) is 13. The van der Waals surface area contributed by atoms with Crippen molar-refractivity contribution >= 4 is 57.2 Å². The first-order valence-corrected chi connectivity index (χ1v) is 12.9. The summed E-state index contributed by atoms with van der Waals surface area (Å²) in [4.78, 5) is 55.9. The minimum Gasteiger partial charge on any atom is -0.467 e. The van der Waals surface area contributed by atoms with Gasteiger partial charge < -0.3 is 36.5 Å². The standard InChI is InChI=1S/C24H33N9O5S/c1-24(2,3)38-23(36)27-10-6-7-14(21(35)37-5)30-20(34)15-8-9-16(39-15)33(4)12-13-11-28-19-17(29-13)18(25)31-22(26)32-19/h8-9,11,14H,6-7,10,12H2,1-5H3,(H,27,36)(H,30,34)(H4,25,26,28,31,32)/t14-/m0/s1. The lowest BCUT2D eigenvalue weighted by atomic mass is 10.1. The summed E-state index contributed by atoms with van der Waals surface area (Å²) in [5.41, 5.74) is 12.2. The second kappa shape index (κ2) is 12.5. The van der Waals surface area contributed by atoms with Crippen LogP contribution in [0.25, 0.3) is 11.2 Å². The topological polar surface area (TPSA) is 201 Å². The molecule has 2 amide bonds. The Bertz CT molecular complexity index is 1340. The summed E-state index contributed by atoms with van der Waals surface area (Å²) in [5, 5.41) is 6.14. The Labute approximate surface area is 229 Å². The molecular formula is C24H33N9O5S. The van der Waals surface area contributed by atoms with Crippen LogP contribution in [0, 0.1) is 0 Å². The van der Waals surface area contributed by atoms with Crippen LogP contribution in [0.15, 0.2) is 18.3 Å². The molecule has 0 unspecified atom stereocenters. The van der Waals surface area contributed by atoms with Crippen LogP contribution in [0.3, 0.4) is 0 Å². The Morgan fingerprint density at radius 1 is 1.15 bits per heavy atom. The van der Waals surface area contributed by atoms with E-state index in [1.54, 1.807) is 39.1 Å². The summed E-state index contributed by atoms with van der Waals surface area (Å²) >= 11 is 1.25. The first kappa shape index (κ1) is 29.3. The lowest BCUT2D eigenvalue weighted by Crippen LogP contribution is -2.42. The second-order valence-corrected chi connectivity index (χ2v) is 10.7. The molecule has 3 aromatic rings. The van der Waals surface area contributed by atoms with Crippen LogP contribution in [0.5, 0.6) is 0 Å². The Kier molecular flexibility index (Phi) is 9.40. The van der Waals surface area contributed by atoms with Crippen molar-refractivity contribution < 1.29 is 23.9 Å². The van der Waals surface area contributed by atoms with Crippen LogP contribution in [-0.4, -0.2) is 70.3 Å². The van der Waals surface area contributed by atoms with E-state index in [9.17, 15) is 14.4 Å². The maximum absolute atomic E-state index is 12.9. The number of hydrogen-bond donors (Lipinski definition) is 4. The van der Waals surface area contributed by atoms with Crippen LogP contribution in [0.1, 0.15) is 49.0 Å². The van der Waals surface area contributed by atoms with Crippen LogP contribution >= 0.6 is 11.3 Å². The number of alkyl carbamates (subject to hydrolysis) is 1. The van der Waals surface area contributed by atoms with Crippen molar-refractivity contribution in [1.82, 2.24) is 30.6 Å². The average Bonchev–Trinajstić information content (AvgIpc) is 3.35. The molecule has 3 aromatic heterocycles. The van der Waals surface area contributed by atoms with Crippen LogP contribution in [0.2, 0.25) is 0 Å². The van der Waals surface area contributed by atoms with Crippen molar-refractivity contribution in [3.8, 4) is 0 Å². The van der Waals surface area contributed by atoms with E-state index in [0.29, 0.717) is 34.7 Å². The molecule has 6 N–H and O–H groups in total. The Hall–Kier alpha value is -4.27. The SMILES string of the molecule is COC(=O)[C@H](CCCNC(=O)OC(C)(C)C)NC(=O)c1ccc(N(C)Cc2cnc3nc(N)nc(N)c3n2)s1. The summed E-state index contributed by atoms with van der Waals surface area (Å²) in [7, 11) is 3.10. The first-order valence-electron chi connectivity index (χ1n) is 12.1. The number of methoxy groups -OCH3 is 1. The molecule has 0 spiro atoms. The summed E-state index contributed by atoms with van der Waals surface area (Å²) in [6.45, 7) is 5.95. The zero-order chi connectivity index (χ0) is 28.7. The Morgan fingerprint density at radius 3 is 2.59 bits per heavy atom. The number of thiophene rings is 1. The lowest BCUT2D eigenvalue weighted by molar-refractivity contribution is -0.143. The van der Waals surface area contributed by atoms with E-state index in [2.05, 4.69) is 30.6 Å². The van der Waals surface area contributed by atoms with E-state index in [4.69, 9.17) is 20.9 Å². The molecule has 1 atom stereocenters. The monoisotopic (exact) mass is 559 g/mol. The fourth-order valence-corrected chi connectivity index (χ4v) is 4.34. The number of nitrogens with one attached hydrogen (secondary N) is 2. The number of anilines is 3. The van der Waals surface area contributed by atoms with E-state index in [0.717, 1.165) is 5.00 Å². The van der Waals surface area contributed by atoms with Gasteiger partial charge in [0, 0.05) is 13.6 Å². The third-order valence-corrected chi connectivity index (χ3v) is 6.42. The van der Waals surface area contributed by atoms with Gasteiger partial charge in [-0.3, -0.25) is 4.79 Å². The molecule has 210 valence electrons. The molecule has 3 rings (SSSR count). The van der Waals surface area contributed by atoms with Gasteiger partial charge in [0.05, 0.1) is 35.4 Å². The number of ether oxygens (including phenoxy) is 2. The van der Waals surface area contributed by atoms with Crippen molar-refractivity contribution in [1.29, 1.82) is 0 Å². The summed E-state index contributed by atoms with van der Waals surface area (Å²) in [6, 6.07) is 2.59. The number of esters is 1. The summed E-state index contributed by atoms with van der Waals surface area (Å²) < 4.78 is 10.0. The van der Waals surface area contributed by atoms with Gasteiger partial charge >= 0.3 is 12.1 Å². The minimum absolute atomic E-state index is 0.0236. The molecule has 0 aliphatic heterocycles. The maximum Gasteiger partial charge on any atom is 0.407 e. The highest BCUT2D eigenvalue weighted by Crippen LogP contribution is 2.27. The number of carbonyl (C=O) groups is 3. The van der Waals surface area contributed by atoms with E-state index in [1.807, 2.05) is 11.9 Å². The van der Waals surface area contributed by atoms with E-state index in [-0.39, 0.29) is 24.7 Å². The van der Waals surface area contributed by atoms with Gasteiger partial charge in [-0.15, -0.1) is 11.3 Å². The van der Waals surface area contributed by atoms with Gasteiger partial charge in [-0.05, 0) is 45.7 Å². The molecule has 0 bridgehead atoms. The van der Waals surface area contributed by atoms with Crippen LogP contribution < -0.4 is 27.0 Å². The van der Waals surface area contributed by atoms with Crippen molar-refractivity contribution in [2.45, 2.75) is 51.8 Å². The molecule has 3 heterocycles. The number of amides is 2. The van der Waals surface area contributed by atoms with Crippen LogP contribution in [0.4, 0.5) is 21.6 Å². The average molecular weight is 560 g/mol. The summed E-state index contributed by atoms with van der Waals surface area (Å²) in [5.74, 6) is -0.821. The van der Waals surface area contributed by atoms with Crippen molar-refractivity contribution in [2.24, 2.45) is 0 Å². The zero-order valence-corrected chi connectivity index (χ0v) is 23.3. The van der Waals surface area contributed by atoms with Gasteiger partial charge in [-0.1, -0.05) is 0 Å². The molecule has 0 aliphatic carbocycles. The van der Waals surface area contributed by atoms with Crippen molar-refractivity contribution in [2.75, 3.05) is 37.1 Å². The quantitative estimate of drug-likeness (QED) is 0.208. The molecule has 15 heteroatoms. The highest BCUT2D eigenvalue weighted by atomic mass is 32.1. The molecule has 0 radical (unpaired) electrons. The third-order valence-electron chi connectivity index (χ3n) is 5.22. The number of rotatable bonds is 10. The number of nitrogens with two attached hydrogens (primary N) is 2. The predicted molar refractivity (Wildman–Crippen MR) is 147 cm³/mol. The van der Waals surface area contributed by atoms with E-state index >= 15 is 0 Å². The van der Waals surface area contributed by atoms with E-state index < -0.39 is 29.6 Å². The minimum atomic E-state index is -0.874. The zero-order valence-electron chi connectivity index (χ0n) is 22.5. The predicted octanol–water partition coefficient (Wildman–Crippen LogP) is 1.86. The lowest BCUT2D eigenvalue weighted by Gasteiger charge is -2.20. The molecule has 0 aliphatic rings. The molecular weight excluding hydrogens is 526 g/mol. The second-order valence-electron chi connectivity index (χ2n) is 9.61. The highest BCUT2D eigenvalue weighted by molar-refractivity contribution is 7.18. The molecule has 39 heavy (non-hydrogen) atoms. The van der Waals surface area contributed by atoms with Gasteiger partial charge in [-0.2, -0.15) is 9.97 Å². The van der Waals surface area contributed by atoms with Gasteiger partial charge in [-0.25, -0.2) is 19.6 Å². The Balaban J connectivity index is 1.58. The normalized spacial score (nSPS) is 12.0. The first-order chi connectivity index (χ1) is 18.4. The third kappa shape index (κ3) is 8.36. The number of fused-ring (bicyclic) bond motifs is 1. The van der Waals surface area contributed by atoms with Gasteiger partial charge in [0.1, 0.15) is 11.6 Å². The largest absolute Gasteiger partial charge is 0.467 e. The smallest absolute Gasteiger partial charge is 0.407 e. The fraction of sp³-hybridized carbons (Fsp3) is 0.458. The number of nitrogens with zero attached hydrogens (tertiary/aromatic N) is 5. The molecule has 0 aromatic carbocycles. The van der Waals surface area contributed by atoms with E-state index in [1.165, 1.54) is 18.4 Å². The number of aromatic nitrogens is 4. The Morgan fingerprint density at radius 2 is 1.90 bits per heavy atom. The molecule has 0 saturated heterocycles.